The van der Waals surface area contributed by atoms with Gasteiger partial charge in [-0.15, -0.1) is 0 Å². The molecule has 1 unspecified atom stereocenters. The van der Waals surface area contributed by atoms with Gasteiger partial charge in [0.2, 0.25) is 0 Å². The van der Waals surface area contributed by atoms with Gasteiger partial charge in [-0.2, -0.15) is 18.3 Å². The summed E-state index contributed by atoms with van der Waals surface area (Å²) < 4.78 is 53.5. The Morgan fingerprint density at radius 3 is 2.63 bits per heavy atom. The number of aliphatic hydroxyl groups is 1. The molecular weight excluding hydrogens is 368 g/mol. The van der Waals surface area contributed by atoms with E-state index in [1.165, 1.54) is 23.1 Å². The van der Waals surface area contributed by atoms with Gasteiger partial charge in [0.25, 0.3) is 5.56 Å². The molecule has 3 aromatic rings. The van der Waals surface area contributed by atoms with Crippen LogP contribution in [0, 0.1) is 12.7 Å². The second-order valence-corrected chi connectivity index (χ2v) is 5.86. The Bertz CT molecular complexity index is 1030. The molecule has 2 aromatic heterocycles. The van der Waals surface area contributed by atoms with Crippen molar-refractivity contribution < 1.29 is 22.7 Å². The molecule has 0 bridgehead atoms. The summed E-state index contributed by atoms with van der Waals surface area (Å²) >= 11 is 0. The molecule has 1 aromatic carbocycles. The molecule has 0 aliphatic heterocycles. The largest absolute Gasteiger partial charge is 0.416 e. The van der Waals surface area contributed by atoms with Gasteiger partial charge >= 0.3 is 6.18 Å². The number of aromatic nitrogens is 4. The van der Waals surface area contributed by atoms with Crippen LogP contribution in [0.4, 0.5) is 17.6 Å². The number of nitrogens with one attached hydrogen (secondary N) is 1. The van der Waals surface area contributed by atoms with Gasteiger partial charge in [-0.25, -0.2) is 9.37 Å². The molecule has 6 nitrogen and oxygen atoms in total. The first-order chi connectivity index (χ1) is 12.7. The zero-order chi connectivity index (χ0) is 19.8. The standard InChI is InChI=1S/C17H14F4N4O2/c1-9-23-14(5-16(27)24-9)10-6-22-25(7-10)15(8-26)12-3-2-11(4-13(12)18)17(19,20)21/h2-7,15,26H,8H2,1H3,(H,23,24,27). The van der Waals surface area contributed by atoms with Crippen molar-refractivity contribution in [3.05, 3.63) is 69.8 Å². The molecule has 0 saturated carbocycles. The maximum atomic E-state index is 14.2. The van der Waals surface area contributed by atoms with E-state index in [0.29, 0.717) is 23.1 Å². The number of benzene rings is 1. The van der Waals surface area contributed by atoms with Crippen LogP contribution in [0.1, 0.15) is 23.0 Å². The minimum absolute atomic E-state index is 0.143. The first kappa shape index (κ1) is 18.8. The highest BCUT2D eigenvalue weighted by atomic mass is 19.4. The van der Waals surface area contributed by atoms with Crippen molar-refractivity contribution in [2.24, 2.45) is 0 Å². The van der Waals surface area contributed by atoms with E-state index in [0.717, 1.165) is 12.1 Å². The third kappa shape index (κ3) is 3.90. The molecule has 0 radical (unpaired) electrons. The van der Waals surface area contributed by atoms with Gasteiger partial charge in [0, 0.05) is 23.4 Å². The Kier molecular flexibility index (Phi) is 4.83. The predicted molar refractivity (Wildman–Crippen MR) is 87.4 cm³/mol. The second-order valence-electron chi connectivity index (χ2n) is 5.86. The summed E-state index contributed by atoms with van der Waals surface area (Å²) in [6.45, 7) is 1.01. The van der Waals surface area contributed by atoms with Crippen molar-refractivity contribution in [2.45, 2.75) is 19.1 Å². The van der Waals surface area contributed by atoms with Crippen molar-refractivity contribution >= 4 is 0 Å². The molecule has 0 amide bonds. The van der Waals surface area contributed by atoms with Gasteiger partial charge in [0.05, 0.1) is 24.1 Å². The molecule has 2 N–H and O–H groups in total. The first-order valence-corrected chi connectivity index (χ1v) is 7.79. The fourth-order valence-corrected chi connectivity index (χ4v) is 2.67. The highest BCUT2D eigenvalue weighted by Gasteiger charge is 2.32. The summed E-state index contributed by atoms with van der Waals surface area (Å²) in [5.41, 5.74) is -0.861. The van der Waals surface area contributed by atoms with E-state index in [-0.39, 0.29) is 11.1 Å². The SMILES string of the molecule is Cc1nc(-c2cnn(C(CO)c3ccc(C(F)(F)F)cc3F)c2)cc(=O)[nH]1. The highest BCUT2D eigenvalue weighted by molar-refractivity contribution is 5.56. The Hall–Kier alpha value is -3.01. The van der Waals surface area contributed by atoms with E-state index in [2.05, 4.69) is 15.1 Å². The van der Waals surface area contributed by atoms with Gasteiger partial charge in [-0.3, -0.25) is 9.48 Å². The first-order valence-electron chi connectivity index (χ1n) is 7.79. The topological polar surface area (TPSA) is 83.8 Å². The van der Waals surface area contributed by atoms with Crippen molar-refractivity contribution in [2.75, 3.05) is 6.61 Å². The van der Waals surface area contributed by atoms with Gasteiger partial charge in [0.15, 0.2) is 0 Å². The smallest absolute Gasteiger partial charge is 0.394 e. The number of nitrogens with zero attached hydrogens (tertiary/aromatic N) is 3. The van der Waals surface area contributed by atoms with E-state index < -0.39 is 30.2 Å². The molecule has 10 heteroatoms. The number of hydrogen-bond acceptors (Lipinski definition) is 4. The quantitative estimate of drug-likeness (QED) is 0.680. The average molecular weight is 382 g/mol. The summed E-state index contributed by atoms with van der Waals surface area (Å²) in [6, 6.07) is 2.30. The fraction of sp³-hybridized carbons (Fsp3) is 0.235. The van der Waals surface area contributed by atoms with E-state index in [4.69, 9.17) is 0 Å². The maximum absolute atomic E-state index is 14.2. The van der Waals surface area contributed by atoms with Gasteiger partial charge in [-0.05, 0) is 19.1 Å². The predicted octanol–water partition coefficient (Wildman–Crippen LogP) is 2.68. The van der Waals surface area contributed by atoms with Crippen molar-refractivity contribution in [3.63, 3.8) is 0 Å². The van der Waals surface area contributed by atoms with Crippen LogP contribution >= 0.6 is 0 Å². The van der Waals surface area contributed by atoms with Gasteiger partial charge < -0.3 is 10.1 Å². The minimum Gasteiger partial charge on any atom is -0.394 e. The molecule has 0 spiro atoms. The van der Waals surface area contributed by atoms with Crippen molar-refractivity contribution in [1.29, 1.82) is 0 Å². The normalized spacial score (nSPS) is 13.0. The molecule has 0 saturated heterocycles. The molecule has 27 heavy (non-hydrogen) atoms. The van der Waals surface area contributed by atoms with Crippen LogP contribution in [0.3, 0.4) is 0 Å². The molecule has 1 atom stereocenters. The number of aromatic amines is 1. The molecule has 0 aliphatic carbocycles. The van der Waals surface area contributed by atoms with Crippen LogP contribution in [-0.2, 0) is 6.18 Å². The number of alkyl halides is 3. The molecule has 142 valence electrons. The van der Waals surface area contributed by atoms with Crippen LogP contribution < -0.4 is 5.56 Å². The van der Waals surface area contributed by atoms with Gasteiger partial charge in [0.1, 0.15) is 17.7 Å². The van der Waals surface area contributed by atoms with Crippen LogP contribution in [0.25, 0.3) is 11.3 Å². The molecule has 0 aliphatic rings. The number of rotatable bonds is 4. The van der Waals surface area contributed by atoms with Crippen LogP contribution in [0.2, 0.25) is 0 Å². The van der Waals surface area contributed by atoms with E-state index in [9.17, 15) is 27.5 Å². The highest BCUT2D eigenvalue weighted by Crippen LogP contribution is 2.32. The Morgan fingerprint density at radius 2 is 2.04 bits per heavy atom. The lowest BCUT2D eigenvalue weighted by molar-refractivity contribution is -0.137. The Morgan fingerprint density at radius 1 is 1.30 bits per heavy atom. The minimum atomic E-state index is -4.67. The van der Waals surface area contributed by atoms with Crippen LogP contribution in [-0.4, -0.2) is 31.5 Å². The van der Waals surface area contributed by atoms with Gasteiger partial charge in [-0.1, -0.05) is 6.07 Å². The molecule has 3 rings (SSSR count). The third-order valence-corrected chi connectivity index (χ3v) is 3.94. The Balaban J connectivity index is 1.98. The van der Waals surface area contributed by atoms with Crippen molar-refractivity contribution in [3.8, 4) is 11.3 Å². The van der Waals surface area contributed by atoms with E-state index >= 15 is 0 Å². The Labute approximate surface area is 150 Å². The number of hydrogen-bond donors (Lipinski definition) is 2. The summed E-state index contributed by atoms with van der Waals surface area (Å²) in [7, 11) is 0. The van der Waals surface area contributed by atoms with Crippen LogP contribution in [0.15, 0.2) is 41.5 Å². The molecule has 2 heterocycles. The average Bonchev–Trinajstić information content (AvgIpc) is 3.05. The summed E-state index contributed by atoms with van der Waals surface area (Å²) in [6.07, 6.45) is -1.87. The number of aliphatic hydroxyl groups excluding tert-OH is 1. The summed E-state index contributed by atoms with van der Waals surface area (Å²) in [4.78, 5) is 18.2. The maximum Gasteiger partial charge on any atom is 0.416 e. The van der Waals surface area contributed by atoms with E-state index in [1.807, 2.05) is 0 Å². The monoisotopic (exact) mass is 382 g/mol. The fourth-order valence-electron chi connectivity index (χ4n) is 2.67. The second kappa shape index (κ2) is 6.95. The number of aryl methyl sites for hydroxylation is 1. The summed E-state index contributed by atoms with van der Waals surface area (Å²) in [5.74, 6) is -0.719. The lowest BCUT2D eigenvalue weighted by Crippen LogP contribution is -2.17. The zero-order valence-electron chi connectivity index (χ0n) is 14.0. The number of halogens is 4. The zero-order valence-corrected chi connectivity index (χ0v) is 14.0. The summed E-state index contributed by atoms with van der Waals surface area (Å²) in [5, 5.41) is 13.7. The number of H-pyrrole nitrogens is 1. The van der Waals surface area contributed by atoms with Crippen molar-refractivity contribution in [1.82, 2.24) is 19.7 Å². The lowest BCUT2D eigenvalue weighted by Gasteiger charge is -2.17. The van der Waals surface area contributed by atoms with E-state index in [1.54, 1.807) is 6.92 Å². The molecule has 0 fully saturated rings. The molecular formula is C17H14F4N4O2. The third-order valence-electron chi connectivity index (χ3n) is 3.94. The lowest BCUT2D eigenvalue weighted by atomic mass is 10.0. The van der Waals surface area contributed by atoms with Crippen LogP contribution in [0.5, 0.6) is 0 Å².